The summed E-state index contributed by atoms with van der Waals surface area (Å²) in [6.45, 7) is 6.81. The second kappa shape index (κ2) is 3.90. The summed E-state index contributed by atoms with van der Waals surface area (Å²) in [6, 6.07) is 15.2. The van der Waals surface area contributed by atoms with E-state index in [2.05, 4.69) is 83.8 Å². The SMILES string of the molecule is CC(C)(C)c1cccc2c3ccccc3n([As])c12. The monoisotopic (exact) mass is 297 g/mol. The first kappa shape index (κ1) is 11.9. The van der Waals surface area contributed by atoms with Crippen LogP contribution in [0.25, 0.3) is 21.8 Å². The van der Waals surface area contributed by atoms with Crippen molar-refractivity contribution in [3.05, 3.63) is 48.0 Å². The maximum atomic E-state index is 2.68. The maximum absolute atomic E-state index is 2.68. The Morgan fingerprint density at radius 2 is 1.56 bits per heavy atom. The van der Waals surface area contributed by atoms with Crippen LogP contribution in [-0.4, -0.2) is 20.6 Å². The molecular formula is C16H16AsN. The second-order valence-electron chi connectivity index (χ2n) is 5.78. The fourth-order valence-electron chi connectivity index (χ4n) is 2.60. The van der Waals surface area contributed by atoms with Crippen molar-refractivity contribution in [1.29, 1.82) is 0 Å². The van der Waals surface area contributed by atoms with E-state index in [-0.39, 0.29) is 5.41 Å². The first-order valence-corrected chi connectivity index (χ1v) is 7.06. The molecule has 0 unspecified atom stereocenters. The Morgan fingerprint density at radius 1 is 0.889 bits per heavy atom. The Hall–Kier alpha value is -1.20. The van der Waals surface area contributed by atoms with Crippen molar-refractivity contribution < 1.29 is 0 Å². The summed E-state index contributed by atoms with van der Waals surface area (Å²) in [5, 5.41) is 2.68. The molecule has 2 heteroatoms. The van der Waals surface area contributed by atoms with Gasteiger partial charge in [-0.05, 0) is 0 Å². The predicted molar refractivity (Wildman–Crippen MR) is 79.3 cm³/mol. The Bertz CT molecular complexity index is 732. The zero-order valence-electron chi connectivity index (χ0n) is 10.9. The third-order valence-corrected chi connectivity index (χ3v) is 4.35. The summed E-state index contributed by atoms with van der Waals surface area (Å²) in [7, 11) is 0. The van der Waals surface area contributed by atoms with Gasteiger partial charge in [0.25, 0.3) is 0 Å². The van der Waals surface area contributed by atoms with Gasteiger partial charge in [-0.2, -0.15) is 0 Å². The molecule has 0 aliphatic heterocycles. The number of para-hydroxylation sites is 2. The van der Waals surface area contributed by atoms with Crippen LogP contribution >= 0.6 is 0 Å². The van der Waals surface area contributed by atoms with Gasteiger partial charge in [-0.1, -0.05) is 0 Å². The Morgan fingerprint density at radius 3 is 2.28 bits per heavy atom. The third kappa shape index (κ3) is 1.61. The topological polar surface area (TPSA) is 4.93 Å². The minimum absolute atomic E-state index is 0.158. The van der Waals surface area contributed by atoms with Gasteiger partial charge in [0.2, 0.25) is 0 Å². The molecule has 0 spiro atoms. The van der Waals surface area contributed by atoms with Crippen LogP contribution in [0.5, 0.6) is 0 Å². The van der Waals surface area contributed by atoms with Gasteiger partial charge in [0.05, 0.1) is 0 Å². The number of fused-ring (bicyclic) bond motifs is 3. The van der Waals surface area contributed by atoms with Crippen LogP contribution in [0.4, 0.5) is 0 Å². The molecule has 2 radical (unpaired) electrons. The van der Waals surface area contributed by atoms with Crippen LogP contribution in [-0.2, 0) is 5.41 Å². The minimum atomic E-state index is 0.158. The van der Waals surface area contributed by atoms with E-state index in [1.54, 1.807) is 0 Å². The van der Waals surface area contributed by atoms with Gasteiger partial charge < -0.3 is 0 Å². The van der Waals surface area contributed by atoms with E-state index in [1.807, 2.05) is 0 Å². The molecule has 3 rings (SSSR count). The average Bonchev–Trinajstić information content (AvgIpc) is 2.63. The standard InChI is InChI=1S/C16H16AsN/c1-16(2,3)13-9-6-8-12-11-7-4-5-10-14(11)18(17)15(12)13/h4-10H,1-3H3. The number of nitrogens with zero attached hydrogens (tertiary/aromatic N) is 1. The fraction of sp³-hybridized carbons (Fsp3) is 0.250. The number of hydrogen-bond acceptors (Lipinski definition) is 0. The summed E-state index contributed by atoms with van der Waals surface area (Å²) >= 11 is 2.68. The Kier molecular flexibility index (Phi) is 2.57. The molecule has 0 atom stereocenters. The van der Waals surface area contributed by atoms with Gasteiger partial charge in [-0.3, -0.25) is 0 Å². The van der Waals surface area contributed by atoms with Crippen molar-refractivity contribution in [2.75, 3.05) is 0 Å². The van der Waals surface area contributed by atoms with E-state index >= 15 is 0 Å². The van der Waals surface area contributed by atoms with Gasteiger partial charge in [0, 0.05) is 0 Å². The summed E-state index contributed by atoms with van der Waals surface area (Å²) in [5.41, 5.74) is 4.18. The van der Waals surface area contributed by atoms with Crippen LogP contribution < -0.4 is 0 Å². The molecule has 0 bridgehead atoms. The Balaban J connectivity index is 2.56. The quantitative estimate of drug-likeness (QED) is 0.552. The van der Waals surface area contributed by atoms with Crippen LogP contribution in [0.1, 0.15) is 26.3 Å². The van der Waals surface area contributed by atoms with Crippen LogP contribution in [0.15, 0.2) is 42.5 Å². The molecule has 18 heavy (non-hydrogen) atoms. The zero-order valence-corrected chi connectivity index (χ0v) is 12.8. The molecule has 0 amide bonds. The number of hydrogen-bond donors (Lipinski definition) is 0. The molecule has 2 aromatic carbocycles. The van der Waals surface area contributed by atoms with Crippen LogP contribution in [0, 0.1) is 0 Å². The first-order chi connectivity index (χ1) is 8.50. The molecule has 3 aromatic rings. The molecule has 0 aliphatic carbocycles. The van der Waals surface area contributed by atoms with Crippen LogP contribution in [0.3, 0.4) is 0 Å². The van der Waals surface area contributed by atoms with E-state index in [0.717, 1.165) is 0 Å². The summed E-state index contributed by atoms with van der Waals surface area (Å²) < 4.78 is 2.26. The zero-order chi connectivity index (χ0) is 12.9. The van der Waals surface area contributed by atoms with Crippen LogP contribution in [0.2, 0.25) is 0 Å². The molecule has 1 nitrogen and oxygen atoms in total. The molecule has 90 valence electrons. The average molecular weight is 297 g/mol. The summed E-state index contributed by atoms with van der Waals surface area (Å²) in [6.07, 6.45) is 0. The fourth-order valence-corrected chi connectivity index (χ4v) is 3.42. The number of aromatic nitrogens is 1. The van der Waals surface area contributed by atoms with E-state index in [0.29, 0.717) is 0 Å². The Labute approximate surface area is 117 Å². The summed E-state index contributed by atoms with van der Waals surface area (Å²) in [4.78, 5) is 0. The first-order valence-electron chi connectivity index (χ1n) is 6.22. The van der Waals surface area contributed by atoms with Crippen molar-refractivity contribution >= 4 is 38.9 Å². The van der Waals surface area contributed by atoms with Gasteiger partial charge in [0.1, 0.15) is 0 Å². The normalized spacial score (nSPS) is 12.4. The number of rotatable bonds is 0. The van der Waals surface area contributed by atoms with Gasteiger partial charge in [-0.25, -0.2) is 0 Å². The van der Waals surface area contributed by atoms with Gasteiger partial charge in [-0.15, -0.1) is 0 Å². The predicted octanol–water partition coefficient (Wildman–Crippen LogP) is 4.02. The second-order valence-corrected chi connectivity index (χ2v) is 6.62. The molecular weight excluding hydrogens is 281 g/mol. The molecule has 1 aromatic heterocycles. The van der Waals surface area contributed by atoms with Crippen molar-refractivity contribution in [2.24, 2.45) is 0 Å². The molecule has 0 aliphatic rings. The van der Waals surface area contributed by atoms with Crippen molar-refractivity contribution in [2.45, 2.75) is 26.2 Å². The molecule has 0 fully saturated rings. The van der Waals surface area contributed by atoms with E-state index in [1.165, 1.54) is 27.4 Å². The van der Waals surface area contributed by atoms with Crippen molar-refractivity contribution in [3.8, 4) is 0 Å². The van der Waals surface area contributed by atoms with Gasteiger partial charge in [0.15, 0.2) is 0 Å². The van der Waals surface area contributed by atoms with Crippen molar-refractivity contribution in [3.63, 3.8) is 0 Å². The number of benzene rings is 2. The molecule has 0 saturated heterocycles. The van der Waals surface area contributed by atoms with E-state index in [4.69, 9.17) is 0 Å². The molecule has 0 N–H and O–H groups in total. The van der Waals surface area contributed by atoms with Gasteiger partial charge >= 0.3 is 117 Å². The van der Waals surface area contributed by atoms with E-state index in [9.17, 15) is 0 Å². The molecule has 0 saturated carbocycles. The van der Waals surface area contributed by atoms with E-state index < -0.39 is 0 Å². The van der Waals surface area contributed by atoms with Crippen molar-refractivity contribution in [1.82, 2.24) is 3.48 Å². The summed E-state index contributed by atoms with van der Waals surface area (Å²) in [5.74, 6) is 0. The molecule has 1 heterocycles. The third-order valence-electron chi connectivity index (χ3n) is 3.48.